The molecule has 0 atom stereocenters. The number of halogens is 1. The molecule has 1 N–H and O–H groups in total. The second kappa shape index (κ2) is 6.57. The SMILES string of the molecule is CNC(=O)CN(C)C(=O)Cn1cnc2ccc(Cl)cc2c1=O. The molecule has 116 valence electrons. The summed E-state index contributed by atoms with van der Waals surface area (Å²) in [7, 11) is 2.98. The fourth-order valence-corrected chi connectivity index (χ4v) is 2.06. The maximum Gasteiger partial charge on any atom is 0.261 e. The smallest absolute Gasteiger partial charge is 0.261 e. The summed E-state index contributed by atoms with van der Waals surface area (Å²) in [4.78, 5) is 41.0. The van der Waals surface area contributed by atoms with Crippen molar-refractivity contribution < 1.29 is 9.59 Å². The Kier molecular flexibility index (Phi) is 4.77. The molecular weight excluding hydrogens is 308 g/mol. The monoisotopic (exact) mass is 322 g/mol. The minimum atomic E-state index is -0.367. The van der Waals surface area contributed by atoms with Gasteiger partial charge in [-0.3, -0.25) is 19.0 Å². The normalized spacial score (nSPS) is 10.5. The lowest BCUT2D eigenvalue weighted by atomic mass is 10.2. The Labute approximate surface area is 131 Å². The minimum Gasteiger partial charge on any atom is -0.358 e. The largest absolute Gasteiger partial charge is 0.358 e. The van der Waals surface area contributed by atoms with E-state index in [2.05, 4.69) is 10.3 Å². The van der Waals surface area contributed by atoms with E-state index in [9.17, 15) is 14.4 Å². The highest BCUT2D eigenvalue weighted by atomic mass is 35.5. The van der Waals surface area contributed by atoms with E-state index in [4.69, 9.17) is 11.6 Å². The average Bonchev–Trinajstić information content (AvgIpc) is 2.50. The Morgan fingerprint density at radius 1 is 1.41 bits per heavy atom. The van der Waals surface area contributed by atoms with Gasteiger partial charge >= 0.3 is 0 Å². The molecule has 0 aliphatic carbocycles. The summed E-state index contributed by atoms with van der Waals surface area (Å²) in [6, 6.07) is 4.80. The Morgan fingerprint density at radius 3 is 2.82 bits per heavy atom. The van der Waals surface area contributed by atoms with Crippen molar-refractivity contribution in [3.8, 4) is 0 Å². The number of amides is 2. The van der Waals surface area contributed by atoms with E-state index in [0.29, 0.717) is 15.9 Å². The van der Waals surface area contributed by atoms with Crippen LogP contribution in [0.5, 0.6) is 0 Å². The van der Waals surface area contributed by atoms with Crippen molar-refractivity contribution in [2.24, 2.45) is 0 Å². The number of nitrogens with zero attached hydrogens (tertiary/aromatic N) is 3. The van der Waals surface area contributed by atoms with Gasteiger partial charge in [0, 0.05) is 19.1 Å². The third-order valence-corrected chi connectivity index (χ3v) is 3.41. The van der Waals surface area contributed by atoms with Crippen LogP contribution in [-0.2, 0) is 16.1 Å². The van der Waals surface area contributed by atoms with E-state index in [0.717, 1.165) is 0 Å². The second-order valence-electron chi connectivity index (χ2n) is 4.76. The number of likely N-dealkylation sites (N-methyl/N-ethyl adjacent to an activating group) is 2. The molecule has 0 spiro atoms. The first-order valence-corrected chi connectivity index (χ1v) is 6.89. The number of hydrogen-bond donors (Lipinski definition) is 1. The molecule has 22 heavy (non-hydrogen) atoms. The van der Waals surface area contributed by atoms with Crippen LogP contribution in [0.25, 0.3) is 10.9 Å². The quantitative estimate of drug-likeness (QED) is 0.874. The highest BCUT2D eigenvalue weighted by molar-refractivity contribution is 6.31. The number of carbonyl (C=O) groups is 2. The third kappa shape index (κ3) is 3.43. The van der Waals surface area contributed by atoms with Crippen LogP contribution in [0.2, 0.25) is 5.02 Å². The Hall–Kier alpha value is -2.41. The van der Waals surface area contributed by atoms with Gasteiger partial charge in [0.1, 0.15) is 6.54 Å². The van der Waals surface area contributed by atoms with Crippen molar-refractivity contribution in [2.45, 2.75) is 6.54 Å². The Morgan fingerprint density at radius 2 is 2.14 bits per heavy atom. The lowest BCUT2D eigenvalue weighted by Crippen LogP contribution is -2.39. The van der Waals surface area contributed by atoms with Gasteiger partial charge in [0.15, 0.2) is 0 Å². The summed E-state index contributed by atoms with van der Waals surface area (Å²) in [5, 5.41) is 3.20. The van der Waals surface area contributed by atoms with E-state index in [1.807, 2.05) is 0 Å². The van der Waals surface area contributed by atoms with Gasteiger partial charge in [-0.25, -0.2) is 4.98 Å². The lowest BCUT2D eigenvalue weighted by Gasteiger charge is -2.16. The fourth-order valence-electron chi connectivity index (χ4n) is 1.89. The van der Waals surface area contributed by atoms with Gasteiger partial charge in [0.25, 0.3) is 5.56 Å². The zero-order valence-corrected chi connectivity index (χ0v) is 12.9. The van der Waals surface area contributed by atoms with Gasteiger partial charge in [-0.1, -0.05) is 11.6 Å². The molecule has 0 aliphatic heterocycles. The van der Waals surface area contributed by atoms with Crippen LogP contribution in [-0.4, -0.2) is 46.9 Å². The molecule has 0 aliphatic rings. The van der Waals surface area contributed by atoms with Crippen LogP contribution in [0, 0.1) is 0 Å². The summed E-state index contributed by atoms with van der Waals surface area (Å²) in [5.74, 6) is -0.652. The standard InChI is InChI=1S/C14H15ClN4O3/c1-16-12(20)6-18(2)13(21)7-19-8-17-11-4-3-9(15)5-10(11)14(19)22/h3-5,8H,6-7H2,1-2H3,(H,16,20). The van der Waals surface area contributed by atoms with Crippen molar-refractivity contribution in [1.29, 1.82) is 0 Å². The molecule has 2 aromatic rings. The van der Waals surface area contributed by atoms with Crippen molar-refractivity contribution >= 4 is 34.3 Å². The van der Waals surface area contributed by atoms with Gasteiger partial charge in [-0.15, -0.1) is 0 Å². The molecule has 2 rings (SSSR count). The van der Waals surface area contributed by atoms with Crippen molar-refractivity contribution in [1.82, 2.24) is 19.8 Å². The number of benzene rings is 1. The first-order chi connectivity index (χ1) is 10.4. The van der Waals surface area contributed by atoms with E-state index >= 15 is 0 Å². The Bertz CT molecular complexity index is 787. The van der Waals surface area contributed by atoms with E-state index < -0.39 is 0 Å². The highest BCUT2D eigenvalue weighted by Gasteiger charge is 2.14. The van der Waals surface area contributed by atoms with Crippen LogP contribution >= 0.6 is 11.6 Å². The number of carbonyl (C=O) groups excluding carboxylic acids is 2. The molecule has 0 fully saturated rings. The van der Waals surface area contributed by atoms with Crippen LogP contribution in [0.3, 0.4) is 0 Å². The number of hydrogen-bond acceptors (Lipinski definition) is 4. The molecular formula is C14H15ClN4O3. The van der Waals surface area contributed by atoms with Crippen LogP contribution in [0.4, 0.5) is 0 Å². The summed E-state index contributed by atoms with van der Waals surface area (Å²) < 4.78 is 1.20. The topological polar surface area (TPSA) is 84.3 Å². The molecule has 0 radical (unpaired) electrons. The fraction of sp³-hybridized carbons (Fsp3) is 0.286. The van der Waals surface area contributed by atoms with Gasteiger partial charge < -0.3 is 10.2 Å². The van der Waals surface area contributed by atoms with Crippen LogP contribution in [0.15, 0.2) is 29.3 Å². The van der Waals surface area contributed by atoms with E-state index in [1.54, 1.807) is 12.1 Å². The predicted molar refractivity (Wildman–Crippen MR) is 82.7 cm³/mol. The first kappa shape index (κ1) is 16.0. The van der Waals surface area contributed by atoms with Crippen molar-refractivity contribution in [3.63, 3.8) is 0 Å². The number of fused-ring (bicyclic) bond motifs is 1. The predicted octanol–water partition coefficient (Wildman–Crippen LogP) is 0.254. The number of nitrogens with one attached hydrogen (secondary N) is 1. The average molecular weight is 323 g/mol. The molecule has 0 saturated carbocycles. The minimum absolute atomic E-state index is 0.0725. The number of rotatable bonds is 4. The molecule has 0 bridgehead atoms. The van der Waals surface area contributed by atoms with Gasteiger partial charge in [-0.2, -0.15) is 0 Å². The van der Waals surface area contributed by atoms with Gasteiger partial charge in [0.05, 0.1) is 23.8 Å². The molecule has 7 nitrogen and oxygen atoms in total. The molecule has 1 aromatic heterocycles. The second-order valence-corrected chi connectivity index (χ2v) is 5.20. The van der Waals surface area contributed by atoms with Crippen molar-refractivity contribution in [2.75, 3.05) is 20.6 Å². The van der Waals surface area contributed by atoms with Crippen molar-refractivity contribution in [3.05, 3.63) is 39.9 Å². The van der Waals surface area contributed by atoms with Gasteiger partial charge in [-0.05, 0) is 18.2 Å². The first-order valence-electron chi connectivity index (χ1n) is 6.51. The van der Waals surface area contributed by atoms with Gasteiger partial charge in [0.2, 0.25) is 11.8 Å². The highest BCUT2D eigenvalue weighted by Crippen LogP contribution is 2.13. The summed E-state index contributed by atoms with van der Waals surface area (Å²) in [5.41, 5.74) is 0.158. The molecule has 0 unspecified atom stereocenters. The maximum absolute atomic E-state index is 12.3. The molecule has 1 aromatic carbocycles. The maximum atomic E-state index is 12.3. The summed E-state index contributed by atoms with van der Waals surface area (Å²) >= 11 is 5.88. The van der Waals surface area contributed by atoms with E-state index in [-0.39, 0.29) is 30.5 Å². The lowest BCUT2D eigenvalue weighted by molar-refractivity contribution is -0.135. The molecule has 0 saturated heterocycles. The zero-order valence-electron chi connectivity index (χ0n) is 12.2. The number of aromatic nitrogens is 2. The molecule has 8 heteroatoms. The van der Waals surface area contributed by atoms with E-state index in [1.165, 1.54) is 36.0 Å². The summed E-state index contributed by atoms with van der Waals surface area (Å²) in [6.07, 6.45) is 1.31. The Balaban J connectivity index is 2.25. The zero-order chi connectivity index (χ0) is 16.3. The van der Waals surface area contributed by atoms with Crippen LogP contribution < -0.4 is 10.9 Å². The van der Waals surface area contributed by atoms with Crippen LogP contribution in [0.1, 0.15) is 0 Å². The molecule has 1 heterocycles. The third-order valence-electron chi connectivity index (χ3n) is 3.18. The molecule has 2 amide bonds. The summed E-state index contributed by atoms with van der Waals surface area (Å²) in [6.45, 7) is -0.265.